The van der Waals surface area contributed by atoms with Gasteiger partial charge in [0, 0.05) is 121 Å². The fourth-order valence-electron chi connectivity index (χ4n) is 8.72. The van der Waals surface area contributed by atoms with Crippen molar-refractivity contribution >= 4 is 29.0 Å². The molecule has 2 aromatic rings. The Morgan fingerprint density at radius 3 is 1.13 bits per heavy atom. The summed E-state index contributed by atoms with van der Waals surface area (Å²) in [6.07, 6.45) is 0. The number of carbonyl (C=O) groups is 3. The van der Waals surface area contributed by atoms with E-state index < -0.39 is 5.37 Å². The number of fused-ring (bicyclic) bond motifs is 3. The van der Waals surface area contributed by atoms with E-state index in [1.54, 1.807) is 23.9 Å². The zero-order valence-electron chi connectivity index (χ0n) is 33.4. The van der Waals surface area contributed by atoms with Crippen LogP contribution >= 0.6 is 11.6 Å². The fraction of sp³-hybridized carbons (Fsp3) is 0.634. The lowest BCUT2D eigenvalue weighted by molar-refractivity contribution is 0.173. The Balaban J connectivity index is 0.000000148. The summed E-state index contributed by atoms with van der Waals surface area (Å²) in [4.78, 5) is 47.2. The summed E-state index contributed by atoms with van der Waals surface area (Å²) in [5.41, 5.74) is 2.83. The zero-order chi connectivity index (χ0) is 38.8. The Morgan fingerprint density at radius 2 is 0.815 bits per heavy atom. The van der Waals surface area contributed by atoms with Crippen LogP contribution in [0.2, 0.25) is 0 Å². The molecule has 2 aromatic carbocycles. The molecule has 5 amide bonds. The van der Waals surface area contributed by atoms with Crippen molar-refractivity contribution in [3.8, 4) is 0 Å². The average molecular weight is 766 g/mol. The monoisotopic (exact) mass is 765 g/mol. The molecule has 0 aromatic heterocycles. The molecule has 6 aliphatic heterocycles. The molecule has 298 valence electrons. The molecule has 8 rings (SSSR count). The highest BCUT2D eigenvalue weighted by atomic mass is 35.5. The summed E-state index contributed by atoms with van der Waals surface area (Å²) >= 11 is 4.90. The van der Waals surface area contributed by atoms with Crippen LogP contribution in [-0.4, -0.2) is 173 Å². The number of urea groups is 2. The molecule has 6 fully saturated rings. The van der Waals surface area contributed by atoms with Crippen molar-refractivity contribution in [1.29, 1.82) is 0 Å². The number of benzene rings is 2. The predicted octanol–water partition coefficient (Wildman–Crippen LogP) is 3.80. The number of rotatable bonds is 4. The van der Waals surface area contributed by atoms with Gasteiger partial charge in [-0.25, -0.2) is 9.59 Å². The number of nitrogens with zero attached hydrogens (tertiary/aromatic N) is 7. The summed E-state index contributed by atoms with van der Waals surface area (Å²) in [6, 6.07) is 21.8. The van der Waals surface area contributed by atoms with Gasteiger partial charge in [0.2, 0.25) is 0 Å². The molecular weight excluding hydrogens is 702 g/mol. The van der Waals surface area contributed by atoms with Crippen LogP contribution in [0.5, 0.6) is 0 Å². The predicted molar refractivity (Wildman–Crippen MR) is 216 cm³/mol. The van der Waals surface area contributed by atoms with Crippen LogP contribution in [0.4, 0.5) is 14.4 Å². The molecule has 54 heavy (non-hydrogen) atoms. The quantitative estimate of drug-likeness (QED) is 0.362. The third-order valence-electron chi connectivity index (χ3n) is 11.6. The third kappa shape index (κ3) is 11.8. The van der Waals surface area contributed by atoms with Crippen molar-refractivity contribution in [2.24, 2.45) is 35.5 Å². The van der Waals surface area contributed by atoms with E-state index in [9.17, 15) is 14.4 Å². The van der Waals surface area contributed by atoms with E-state index in [-0.39, 0.29) is 12.1 Å². The summed E-state index contributed by atoms with van der Waals surface area (Å²) < 4.78 is 0. The largest absolute Gasteiger partial charge is 0.335 e. The Bertz CT molecular complexity index is 1440. The first-order valence-corrected chi connectivity index (χ1v) is 20.0. The Hall–Kier alpha value is -3.42. The highest BCUT2D eigenvalue weighted by Gasteiger charge is 2.42. The maximum absolute atomic E-state index is 12.0. The second-order valence-corrected chi connectivity index (χ2v) is 16.9. The molecule has 6 atom stereocenters. The number of carbonyl (C=O) groups excluding carboxylic acids is 3. The van der Waals surface area contributed by atoms with E-state index in [0.29, 0.717) is 23.7 Å². The average Bonchev–Trinajstić information content (AvgIpc) is 3.99. The minimum absolute atomic E-state index is 0.161. The second-order valence-electron chi connectivity index (χ2n) is 16.5. The molecule has 0 bridgehead atoms. The van der Waals surface area contributed by atoms with Crippen molar-refractivity contribution in [2.45, 2.75) is 13.1 Å². The van der Waals surface area contributed by atoms with Gasteiger partial charge >= 0.3 is 17.4 Å². The van der Waals surface area contributed by atoms with E-state index in [2.05, 4.69) is 81.1 Å². The summed E-state index contributed by atoms with van der Waals surface area (Å²) in [7, 11) is 10.5. The number of halogens is 1. The normalized spacial score (nSPS) is 26.6. The van der Waals surface area contributed by atoms with Gasteiger partial charge in [-0.15, -0.1) is 0 Å². The highest BCUT2D eigenvalue weighted by Crippen LogP contribution is 2.32. The number of hydrogen-bond acceptors (Lipinski definition) is 7. The Morgan fingerprint density at radius 1 is 0.519 bits per heavy atom. The Kier molecular flexibility index (Phi) is 15.4. The van der Waals surface area contributed by atoms with Crippen LogP contribution in [0.1, 0.15) is 11.1 Å². The lowest BCUT2D eigenvalue weighted by atomic mass is 10.0. The first-order valence-electron chi connectivity index (χ1n) is 19.6. The molecule has 13 heteroatoms. The molecular formula is C41H64ClN9O3. The van der Waals surface area contributed by atoms with Crippen LogP contribution in [0, 0.1) is 35.5 Å². The first-order chi connectivity index (χ1) is 25.9. The van der Waals surface area contributed by atoms with Gasteiger partial charge in [-0.3, -0.25) is 14.6 Å². The molecule has 0 spiro atoms. The van der Waals surface area contributed by atoms with Crippen molar-refractivity contribution in [2.75, 3.05) is 121 Å². The molecule has 12 nitrogen and oxygen atoms in total. The molecule has 2 N–H and O–H groups in total. The van der Waals surface area contributed by atoms with Crippen LogP contribution in [0.15, 0.2) is 60.7 Å². The number of amides is 5. The van der Waals surface area contributed by atoms with E-state index in [0.717, 1.165) is 77.3 Å². The number of hydrogen-bond donors (Lipinski definition) is 2. The van der Waals surface area contributed by atoms with E-state index >= 15 is 0 Å². The highest BCUT2D eigenvalue weighted by molar-refractivity contribution is 6.62. The maximum Gasteiger partial charge on any atom is 0.319 e. The van der Waals surface area contributed by atoms with Gasteiger partial charge in [-0.2, -0.15) is 0 Å². The molecule has 0 radical (unpaired) electrons. The zero-order valence-corrected chi connectivity index (χ0v) is 34.1. The first kappa shape index (κ1) is 41.7. The molecule has 0 aliphatic carbocycles. The van der Waals surface area contributed by atoms with Crippen molar-refractivity contribution in [1.82, 2.24) is 44.9 Å². The van der Waals surface area contributed by atoms with E-state index in [4.69, 9.17) is 11.6 Å². The van der Waals surface area contributed by atoms with Crippen molar-refractivity contribution in [3.05, 3.63) is 71.8 Å². The smallest absolute Gasteiger partial charge is 0.319 e. The third-order valence-corrected chi connectivity index (χ3v) is 11.9. The fourth-order valence-corrected chi connectivity index (χ4v) is 8.72. The SMILES string of the molecule is CN(C)C(=O)Cl.CN(C)C(=O)N1C[C@H]2CN(Cc3ccccc3)C[C@H]2C1.CN(C)C(=O)N1C[C@H]2CNC[C@H]2C1.c1ccc(CN2C[C@H]3CNC[C@H]3C2)cc1. The van der Waals surface area contributed by atoms with Gasteiger partial charge < -0.3 is 35.1 Å². The van der Waals surface area contributed by atoms with Gasteiger partial charge in [-0.1, -0.05) is 60.7 Å². The molecule has 6 saturated heterocycles. The van der Waals surface area contributed by atoms with Crippen molar-refractivity contribution < 1.29 is 14.4 Å². The summed E-state index contributed by atoms with van der Waals surface area (Å²) in [5.74, 6) is 4.53. The number of likely N-dealkylation sites (tertiary alicyclic amines) is 4. The molecule has 0 unspecified atom stereocenters. The van der Waals surface area contributed by atoms with E-state index in [1.165, 1.54) is 42.2 Å². The van der Waals surface area contributed by atoms with Crippen LogP contribution in [-0.2, 0) is 13.1 Å². The lowest BCUT2D eigenvalue weighted by Crippen LogP contribution is -2.39. The second kappa shape index (κ2) is 20.0. The maximum atomic E-state index is 12.0. The standard InChI is InChI=1S/C16H23N3O.C13H18N2.C9H17N3O.C3H6ClNO/c1-17(2)16(20)19-11-14-9-18(10-15(14)12-19)8-13-6-4-3-5-7-13;1-2-4-11(5-3-1)8-15-9-12-6-14-7-13(12)10-15;1-11(2)9(13)12-5-7-3-10-4-8(7)6-12;1-5(2)3(4)6/h3-7,14-15H,8-12H2,1-2H3;1-5,12-14H,6-10H2;7-8,10H,3-6H2,1-2H3;1-2H3/t14-,15+;12-,13+;7-,8+;. The summed E-state index contributed by atoms with van der Waals surface area (Å²) in [5, 5.41) is 6.41. The molecule has 0 saturated carbocycles. The van der Waals surface area contributed by atoms with Gasteiger partial charge in [0.15, 0.2) is 0 Å². The number of nitrogens with one attached hydrogen (secondary N) is 2. The van der Waals surface area contributed by atoms with Crippen LogP contribution in [0.3, 0.4) is 0 Å². The van der Waals surface area contributed by atoms with Crippen LogP contribution in [0.25, 0.3) is 0 Å². The summed E-state index contributed by atoms with van der Waals surface area (Å²) in [6.45, 7) is 15.3. The van der Waals surface area contributed by atoms with Gasteiger partial charge in [0.05, 0.1) is 0 Å². The minimum atomic E-state index is -0.435. The van der Waals surface area contributed by atoms with Gasteiger partial charge in [-0.05, 0) is 71.3 Å². The Labute approximate surface area is 328 Å². The molecule has 6 heterocycles. The van der Waals surface area contributed by atoms with Gasteiger partial charge in [0.25, 0.3) is 0 Å². The van der Waals surface area contributed by atoms with Gasteiger partial charge in [0.1, 0.15) is 0 Å². The van der Waals surface area contributed by atoms with Crippen LogP contribution < -0.4 is 10.6 Å². The molecule has 6 aliphatic rings. The van der Waals surface area contributed by atoms with E-state index in [1.807, 2.05) is 38.0 Å². The minimum Gasteiger partial charge on any atom is -0.335 e. The van der Waals surface area contributed by atoms with Crippen molar-refractivity contribution in [3.63, 3.8) is 0 Å². The topological polar surface area (TPSA) is 98.0 Å². The lowest BCUT2D eigenvalue weighted by Gasteiger charge is -2.24.